The van der Waals surface area contributed by atoms with Gasteiger partial charge in [0.25, 0.3) is 0 Å². The zero-order valence-electron chi connectivity index (χ0n) is 10.8. The molecule has 0 atom stereocenters. The Morgan fingerprint density at radius 1 is 0.952 bits per heavy atom. The summed E-state index contributed by atoms with van der Waals surface area (Å²) < 4.78 is 50.9. The highest BCUT2D eigenvalue weighted by molar-refractivity contribution is 6.30. The van der Waals surface area contributed by atoms with Gasteiger partial charge in [0.1, 0.15) is 5.82 Å². The van der Waals surface area contributed by atoms with Crippen LogP contribution in [-0.2, 0) is 19.3 Å². The fraction of sp³-hybridized carbons (Fsp3) is 0.200. The number of hydrogen-bond donors (Lipinski definition) is 1. The zero-order valence-corrected chi connectivity index (χ0v) is 11.6. The molecule has 0 fully saturated rings. The minimum Gasteiger partial charge on any atom is -0.309 e. The van der Waals surface area contributed by atoms with Crippen molar-refractivity contribution >= 4 is 11.6 Å². The minimum absolute atomic E-state index is 0.204. The first kappa shape index (κ1) is 15.8. The molecule has 2 aromatic rings. The van der Waals surface area contributed by atoms with Crippen LogP contribution in [0.25, 0.3) is 0 Å². The molecule has 0 aliphatic rings. The SMILES string of the molecule is Fc1ccc(CNCc2cccc(Cl)c2)cc1C(F)(F)F. The van der Waals surface area contributed by atoms with E-state index in [4.69, 9.17) is 11.6 Å². The van der Waals surface area contributed by atoms with Gasteiger partial charge in [0.05, 0.1) is 5.56 Å². The maximum Gasteiger partial charge on any atom is 0.419 e. The molecule has 0 spiro atoms. The van der Waals surface area contributed by atoms with Crippen LogP contribution in [0.4, 0.5) is 17.6 Å². The summed E-state index contributed by atoms with van der Waals surface area (Å²) >= 11 is 5.83. The summed E-state index contributed by atoms with van der Waals surface area (Å²) in [4.78, 5) is 0. The van der Waals surface area contributed by atoms with E-state index >= 15 is 0 Å². The monoisotopic (exact) mass is 317 g/mol. The van der Waals surface area contributed by atoms with E-state index < -0.39 is 17.6 Å². The predicted molar refractivity (Wildman–Crippen MR) is 73.4 cm³/mol. The summed E-state index contributed by atoms with van der Waals surface area (Å²) in [7, 11) is 0. The molecule has 6 heteroatoms. The third-order valence-electron chi connectivity index (χ3n) is 2.88. The van der Waals surface area contributed by atoms with Gasteiger partial charge in [-0.15, -0.1) is 0 Å². The van der Waals surface area contributed by atoms with Crippen molar-refractivity contribution in [2.24, 2.45) is 0 Å². The van der Waals surface area contributed by atoms with E-state index in [1.54, 1.807) is 18.2 Å². The predicted octanol–water partition coefficient (Wildman–Crippen LogP) is 4.79. The molecule has 1 N–H and O–H groups in total. The van der Waals surface area contributed by atoms with Crippen molar-refractivity contribution < 1.29 is 17.6 Å². The summed E-state index contributed by atoms with van der Waals surface area (Å²) in [6, 6.07) is 10.1. The molecular weight excluding hydrogens is 306 g/mol. The normalized spacial score (nSPS) is 11.7. The molecule has 1 nitrogen and oxygen atoms in total. The van der Waals surface area contributed by atoms with Crippen molar-refractivity contribution in [1.29, 1.82) is 0 Å². The quantitative estimate of drug-likeness (QED) is 0.800. The highest BCUT2D eigenvalue weighted by Gasteiger charge is 2.34. The average molecular weight is 318 g/mol. The lowest BCUT2D eigenvalue weighted by Gasteiger charge is -2.11. The lowest BCUT2D eigenvalue weighted by Crippen LogP contribution is -2.14. The number of hydrogen-bond acceptors (Lipinski definition) is 1. The first-order chi connectivity index (χ1) is 9.86. The van der Waals surface area contributed by atoms with E-state index in [-0.39, 0.29) is 6.54 Å². The maximum absolute atomic E-state index is 13.1. The van der Waals surface area contributed by atoms with Gasteiger partial charge < -0.3 is 5.32 Å². The number of nitrogens with one attached hydrogen (secondary N) is 1. The van der Waals surface area contributed by atoms with E-state index in [1.807, 2.05) is 6.07 Å². The van der Waals surface area contributed by atoms with Crippen molar-refractivity contribution in [2.45, 2.75) is 19.3 Å². The first-order valence-corrected chi connectivity index (χ1v) is 6.55. The topological polar surface area (TPSA) is 12.0 Å². The molecular formula is C15H12ClF4N. The van der Waals surface area contributed by atoms with Crippen LogP contribution >= 0.6 is 11.6 Å². The molecule has 0 amide bonds. The fourth-order valence-corrected chi connectivity index (χ4v) is 2.11. The molecule has 0 saturated carbocycles. The molecule has 0 aliphatic heterocycles. The van der Waals surface area contributed by atoms with Crippen LogP contribution in [0, 0.1) is 5.82 Å². The van der Waals surface area contributed by atoms with Crippen molar-refractivity contribution in [1.82, 2.24) is 5.32 Å². The molecule has 0 saturated heterocycles. The van der Waals surface area contributed by atoms with Crippen LogP contribution < -0.4 is 5.32 Å². The Morgan fingerprint density at radius 3 is 2.24 bits per heavy atom. The van der Waals surface area contributed by atoms with Gasteiger partial charge in [-0.2, -0.15) is 13.2 Å². The van der Waals surface area contributed by atoms with Crippen LogP contribution in [0.15, 0.2) is 42.5 Å². The Labute approximate surface area is 124 Å². The second kappa shape index (κ2) is 6.45. The molecule has 112 valence electrons. The van der Waals surface area contributed by atoms with Crippen LogP contribution in [-0.4, -0.2) is 0 Å². The van der Waals surface area contributed by atoms with Gasteiger partial charge in [-0.3, -0.25) is 0 Å². The Hall–Kier alpha value is -1.59. The Kier molecular flexibility index (Phi) is 4.85. The Bertz CT molecular complexity index is 625. The van der Waals surface area contributed by atoms with E-state index in [0.29, 0.717) is 17.1 Å². The van der Waals surface area contributed by atoms with Crippen LogP contribution in [0.2, 0.25) is 5.02 Å². The van der Waals surface area contributed by atoms with Crippen LogP contribution in [0.3, 0.4) is 0 Å². The number of rotatable bonds is 4. The molecule has 2 aromatic carbocycles. The zero-order chi connectivity index (χ0) is 15.5. The average Bonchev–Trinajstić information content (AvgIpc) is 2.39. The summed E-state index contributed by atoms with van der Waals surface area (Å²) in [5, 5.41) is 3.59. The highest BCUT2D eigenvalue weighted by atomic mass is 35.5. The van der Waals surface area contributed by atoms with Crippen molar-refractivity contribution in [3.8, 4) is 0 Å². The smallest absolute Gasteiger partial charge is 0.309 e. The van der Waals surface area contributed by atoms with E-state index in [9.17, 15) is 17.6 Å². The minimum atomic E-state index is -4.69. The lowest BCUT2D eigenvalue weighted by atomic mass is 10.1. The molecule has 0 radical (unpaired) electrons. The van der Waals surface area contributed by atoms with Gasteiger partial charge in [-0.1, -0.05) is 29.8 Å². The first-order valence-electron chi connectivity index (χ1n) is 6.17. The van der Waals surface area contributed by atoms with E-state index in [2.05, 4.69) is 5.32 Å². The van der Waals surface area contributed by atoms with E-state index in [1.165, 1.54) is 6.07 Å². The number of halogens is 5. The van der Waals surface area contributed by atoms with Gasteiger partial charge in [0.2, 0.25) is 0 Å². The summed E-state index contributed by atoms with van der Waals surface area (Å²) in [6.07, 6.45) is -4.69. The van der Waals surface area contributed by atoms with Crippen molar-refractivity contribution in [3.63, 3.8) is 0 Å². The lowest BCUT2D eigenvalue weighted by molar-refractivity contribution is -0.140. The Morgan fingerprint density at radius 2 is 1.62 bits per heavy atom. The largest absolute Gasteiger partial charge is 0.419 e. The maximum atomic E-state index is 13.1. The third kappa shape index (κ3) is 4.44. The van der Waals surface area contributed by atoms with E-state index in [0.717, 1.165) is 17.7 Å². The van der Waals surface area contributed by atoms with Crippen molar-refractivity contribution in [2.75, 3.05) is 0 Å². The molecule has 21 heavy (non-hydrogen) atoms. The molecule has 0 bridgehead atoms. The molecule has 0 unspecified atom stereocenters. The summed E-state index contributed by atoms with van der Waals surface area (Å²) in [5.74, 6) is -1.26. The van der Waals surface area contributed by atoms with Crippen molar-refractivity contribution in [3.05, 3.63) is 70.0 Å². The van der Waals surface area contributed by atoms with Crippen LogP contribution in [0.5, 0.6) is 0 Å². The van der Waals surface area contributed by atoms with Crippen LogP contribution in [0.1, 0.15) is 16.7 Å². The fourth-order valence-electron chi connectivity index (χ4n) is 1.90. The number of benzene rings is 2. The van der Waals surface area contributed by atoms with Gasteiger partial charge >= 0.3 is 6.18 Å². The Balaban J connectivity index is 2.01. The molecule has 0 heterocycles. The standard InChI is InChI=1S/C15H12ClF4N/c16-12-3-1-2-10(6-12)8-21-9-11-4-5-14(17)13(7-11)15(18,19)20/h1-7,21H,8-9H2. The van der Waals surface area contributed by atoms with Gasteiger partial charge in [-0.25, -0.2) is 4.39 Å². The van der Waals surface area contributed by atoms with Gasteiger partial charge in [-0.05, 0) is 35.4 Å². The summed E-state index contributed by atoms with van der Waals surface area (Å²) in [5.41, 5.74) is 0.0379. The second-order valence-corrected chi connectivity index (χ2v) is 4.98. The van der Waals surface area contributed by atoms with Gasteiger partial charge in [0, 0.05) is 18.1 Å². The molecule has 0 aliphatic carbocycles. The second-order valence-electron chi connectivity index (χ2n) is 4.55. The summed E-state index contributed by atoms with van der Waals surface area (Å²) in [6.45, 7) is 0.662. The molecule has 0 aromatic heterocycles. The molecule has 2 rings (SSSR count). The van der Waals surface area contributed by atoms with Gasteiger partial charge in [0.15, 0.2) is 0 Å². The number of alkyl halides is 3. The highest BCUT2D eigenvalue weighted by Crippen LogP contribution is 2.31. The third-order valence-corrected chi connectivity index (χ3v) is 3.12.